The minimum Gasteiger partial charge on any atom is -0.309 e. The van der Waals surface area contributed by atoms with Gasteiger partial charge in [0.1, 0.15) is 0 Å². The predicted molar refractivity (Wildman–Crippen MR) is 254 cm³/mol. The van der Waals surface area contributed by atoms with Crippen LogP contribution in [0.2, 0.25) is 0 Å². The van der Waals surface area contributed by atoms with E-state index < -0.39 is 0 Å². The predicted octanol–water partition coefficient (Wildman–Crippen LogP) is 14.5. The highest BCUT2D eigenvalue weighted by Gasteiger charge is 2.30. The molecule has 4 heteroatoms. The molecule has 0 saturated carbocycles. The van der Waals surface area contributed by atoms with Crippen LogP contribution in [-0.4, -0.2) is 19.5 Å². The van der Waals surface area contributed by atoms with Crippen LogP contribution in [0.15, 0.2) is 224 Å². The third-order valence-corrected chi connectivity index (χ3v) is 12.3. The molecule has 1 aliphatic carbocycles. The summed E-state index contributed by atoms with van der Waals surface area (Å²) in [6.07, 6.45) is 0. The molecule has 0 radical (unpaired) electrons. The van der Waals surface area contributed by atoms with Crippen molar-refractivity contribution < 1.29 is 0 Å². The molecule has 0 spiro atoms. The van der Waals surface area contributed by atoms with E-state index in [4.69, 9.17) is 15.0 Å². The van der Waals surface area contributed by atoms with Crippen LogP contribution in [0.3, 0.4) is 0 Å². The van der Waals surface area contributed by atoms with Gasteiger partial charge >= 0.3 is 0 Å². The van der Waals surface area contributed by atoms with Crippen molar-refractivity contribution in [1.82, 2.24) is 19.5 Å². The lowest BCUT2D eigenvalue weighted by Gasteiger charge is -2.15. The summed E-state index contributed by atoms with van der Waals surface area (Å²) in [4.78, 5) is 15.5. The van der Waals surface area contributed by atoms with Crippen molar-refractivity contribution in [2.45, 2.75) is 5.92 Å². The second-order valence-electron chi connectivity index (χ2n) is 16.0. The normalized spacial score (nSPS) is 13.0. The first-order valence-electron chi connectivity index (χ1n) is 21.1. The Morgan fingerprint density at radius 1 is 0.306 bits per heavy atom. The van der Waals surface area contributed by atoms with Crippen LogP contribution in [0, 0.1) is 0 Å². The van der Waals surface area contributed by atoms with Gasteiger partial charge in [0.25, 0.3) is 0 Å². The van der Waals surface area contributed by atoms with Crippen LogP contribution < -0.4 is 0 Å². The monoisotopic (exact) mass is 790 g/mol. The van der Waals surface area contributed by atoms with Crippen molar-refractivity contribution in [2.75, 3.05) is 0 Å². The van der Waals surface area contributed by atoms with Crippen LogP contribution in [0.25, 0.3) is 95.0 Å². The van der Waals surface area contributed by atoms with Gasteiger partial charge in [0.15, 0.2) is 17.5 Å². The van der Waals surface area contributed by atoms with Gasteiger partial charge in [-0.05, 0) is 92.5 Å². The average molecular weight is 791 g/mol. The second-order valence-corrected chi connectivity index (χ2v) is 16.0. The molecule has 0 fully saturated rings. The Morgan fingerprint density at radius 2 is 0.839 bits per heavy atom. The Labute approximate surface area is 360 Å². The average Bonchev–Trinajstić information content (AvgIpc) is 3.87. The summed E-state index contributed by atoms with van der Waals surface area (Å²) in [7, 11) is 0. The first kappa shape index (κ1) is 35.7. The van der Waals surface area contributed by atoms with Gasteiger partial charge in [-0.3, -0.25) is 0 Å². The lowest BCUT2D eigenvalue weighted by atomic mass is 9.88. The third-order valence-electron chi connectivity index (χ3n) is 12.3. The summed E-state index contributed by atoms with van der Waals surface area (Å²) in [5.74, 6) is 2.05. The zero-order chi connectivity index (χ0) is 41.0. The molecule has 2 heterocycles. The van der Waals surface area contributed by atoms with E-state index >= 15 is 0 Å². The summed E-state index contributed by atoms with van der Waals surface area (Å²) in [6.45, 7) is 0. The van der Waals surface area contributed by atoms with Crippen LogP contribution >= 0.6 is 0 Å². The van der Waals surface area contributed by atoms with Gasteiger partial charge in [-0.2, -0.15) is 0 Å². The summed E-state index contributed by atoms with van der Waals surface area (Å²) in [6, 6.07) is 80.0. The number of aromatic nitrogens is 4. The van der Waals surface area contributed by atoms with Crippen molar-refractivity contribution in [3.63, 3.8) is 0 Å². The first-order valence-corrected chi connectivity index (χ1v) is 21.1. The molecule has 4 nitrogen and oxygen atoms in total. The molecular formula is C58H38N4. The third kappa shape index (κ3) is 6.12. The number of fused-ring (bicyclic) bond motifs is 6. The van der Waals surface area contributed by atoms with Crippen LogP contribution in [0.1, 0.15) is 22.6 Å². The highest BCUT2D eigenvalue weighted by molar-refractivity contribution is 6.10. The quantitative estimate of drug-likeness (QED) is 0.161. The fourth-order valence-corrected chi connectivity index (χ4v) is 9.43. The van der Waals surface area contributed by atoms with E-state index in [1.54, 1.807) is 0 Å². The maximum Gasteiger partial charge on any atom is 0.164 e. The second kappa shape index (κ2) is 14.8. The molecule has 290 valence electrons. The molecule has 1 aliphatic rings. The maximum absolute atomic E-state index is 5.23. The van der Waals surface area contributed by atoms with E-state index in [0.717, 1.165) is 44.5 Å². The van der Waals surface area contributed by atoms with Crippen molar-refractivity contribution >= 4 is 21.8 Å². The Kier molecular flexibility index (Phi) is 8.53. The van der Waals surface area contributed by atoms with Crippen molar-refractivity contribution in [3.8, 4) is 73.2 Å². The molecule has 1 atom stereocenters. The summed E-state index contributed by atoms with van der Waals surface area (Å²) in [5, 5.41) is 2.42. The number of para-hydroxylation sites is 1. The van der Waals surface area contributed by atoms with Crippen molar-refractivity contribution in [1.29, 1.82) is 0 Å². The van der Waals surface area contributed by atoms with Crippen LogP contribution in [-0.2, 0) is 0 Å². The minimum atomic E-state index is 0.176. The molecular weight excluding hydrogens is 753 g/mol. The molecule has 0 N–H and O–H groups in total. The Balaban J connectivity index is 0.965. The van der Waals surface area contributed by atoms with E-state index in [9.17, 15) is 0 Å². The SMILES string of the molecule is c1ccc(-c2ccc3c(c2)c2ccccc2n3-c2cccc(-c3nc(-c4ccccc4)nc(-c4cccc(-c5ccc6c(c5)C(c5ccccc5)c5ccccc5-6)c4)n3)c2)cc1. The number of hydrogen-bond acceptors (Lipinski definition) is 3. The Bertz CT molecular complexity index is 3460. The van der Waals surface area contributed by atoms with Gasteiger partial charge in [0.05, 0.1) is 11.0 Å². The topological polar surface area (TPSA) is 43.6 Å². The lowest BCUT2D eigenvalue weighted by molar-refractivity contribution is 1.02. The van der Waals surface area contributed by atoms with Crippen molar-refractivity contribution in [3.05, 3.63) is 241 Å². The molecule has 9 aromatic carbocycles. The van der Waals surface area contributed by atoms with E-state index in [1.165, 1.54) is 49.7 Å². The summed E-state index contributed by atoms with van der Waals surface area (Å²) < 4.78 is 2.35. The first-order chi connectivity index (χ1) is 30.7. The standard InChI is InChI=1S/C58H38N4/c1-4-16-38(17-5-1)42-31-33-54-51(36-42)49-27-12-13-29-53(49)62(54)46-25-15-24-45(35-46)58-60-56(40-20-8-3-9-21-40)59-57(61-58)44-23-14-22-41(34-44)43-30-32-48-47-26-10-11-28-50(47)55(52(48)37-43)39-18-6-2-7-19-39/h1-37,55H. The van der Waals surface area contributed by atoms with E-state index in [1.807, 2.05) is 18.2 Å². The zero-order valence-electron chi connectivity index (χ0n) is 33.7. The van der Waals surface area contributed by atoms with Crippen molar-refractivity contribution in [2.24, 2.45) is 0 Å². The number of rotatable bonds is 7. The summed E-state index contributed by atoms with van der Waals surface area (Å²) >= 11 is 0. The van der Waals surface area contributed by atoms with Crippen LogP contribution in [0.4, 0.5) is 0 Å². The molecule has 2 aromatic heterocycles. The smallest absolute Gasteiger partial charge is 0.164 e. The highest BCUT2D eigenvalue weighted by Crippen LogP contribution is 2.49. The number of benzene rings is 9. The van der Waals surface area contributed by atoms with Gasteiger partial charge < -0.3 is 4.57 Å². The van der Waals surface area contributed by atoms with E-state index in [-0.39, 0.29) is 5.92 Å². The molecule has 12 rings (SSSR count). The highest BCUT2D eigenvalue weighted by atomic mass is 15.0. The van der Waals surface area contributed by atoms with E-state index in [2.05, 4.69) is 211 Å². The minimum absolute atomic E-state index is 0.176. The van der Waals surface area contributed by atoms with Crippen LogP contribution in [0.5, 0.6) is 0 Å². The zero-order valence-corrected chi connectivity index (χ0v) is 33.7. The van der Waals surface area contributed by atoms with Gasteiger partial charge in [-0.15, -0.1) is 0 Å². The molecule has 0 aliphatic heterocycles. The molecule has 0 saturated heterocycles. The molecule has 0 amide bonds. The maximum atomic E-state index is 5.23. The fourth-order valence-electron chi connectivity index (χ4n) is 9.43. The summed E-state index contributed by atoms with van der Waals surface area (Å²) in [5.41, 5.74) is 17.4. The Morgan fingerprint density at radius 3 is 1.63 bits per heavy atom. The molecule has 11 aromatic rings. The molecule has 1 unspecified atom stereocenters. The molecule has 62 heavy (non-hydrogen) atoms. The Hall–Kier alpha value is -8.21. The largest absolute Gasteiger partial charge is 0.309 e. The van der Waals surface area contributed by atoms with Gasteiger partial charge in [-0.25, -0.2) is 15.0 Å². The number of hydrogen-bond donors (Lipinski definition) is 0. The van der Waals surface area contributed by atoms with E-state index in [0.29, 0.717) is 17.5 Å². The van der Waals surface area contributed by atoms with Gasteiger partial charge in [-0.1, -0.05) is 182 Å². The van der Waals surface area contributed by atoms with Gasteiger partial charge in [0.2, 0.25) is 0 Å². The van der Waals surface area contributed by atoms with Gasteiger partial charge in [0, 0.05) is 39.1 Å². The number of nitrogens with zero attached hydrogens (tertiary/aromatic N) is 4. The fraction of sp³-hybridized carbons (Fsp3) is 0.0172. The lowest BCUT2D eigenvalue weighted by Crippen LogP contribution is -2.01. The molecule has 0 bridgehead atoms.